The van der Waals surface area contributed by atoms with Crippen molar-refractivity contribution in [1.82, 2.24) is 0 Å². The van der Waals surface area contributed by atoms with Crippen LogP contribution >= 0.6 is 15.9 Å². The third kappa shape index (κ3) is 1.97. The molecule has 15 heavy (non-hydrogen) atoms. The summed E-state index contributed by atoms with van der Waals surface area (Å²) in [6, 6.07) is 5.86. The van der Waals surface area contributed by atoms with Crippen molar-refractivity contribution in [2.24, 2.45) is 0 Å². The second-order valence-electron chi connectivity index (χ2n) is 3.67. The average molecular weight is 267 g/mol. The molecule has 3 heteroatoms. The first-order valence-corrected chi connectivity index (χ1v) is 5.54. The summed E-state index contributed by atoms with van der Waals surface area (Å²) in [6.07, 6.45) is 0.373. The van der Waals surface area contributed by atoms with E-state index in [-0.39, 0.29) is 5.78 Å². The molecule has 0 amide bonds. The molecule has 0 saturated carbocycles. The highest BCUT2D eigenvalue weighted by molar-refractivity contribution is 9.10. The van der Waals surface area contributed by atoms with Crippen molar-refractivity contribution in [1.29, 1.82) is 0 Å². The molecule has 0 saturated heterocycles. The number of hydrogen-bond acceptors (Lipinski definition) is 2. The van der Waals surface area contributed by atoms with Crippen LogP contribution in [-0.2, 0) is 11.2 Å². The molecule has 0 aliphatic rings. The highest BCUT2D eigenvalue weighted by atomic mass is 79.9. The fourth-order valence-electron chi connectivity index (χ4n) is 1.64. The van der Waals surface area contributed by atoms with Crippen molar-refractivity contribution in [3.05, 3.63) is 34.0 Å². The van der Waals surface area contributed by atoms with E-state index >= 15 is 0 Å². The van der Waals surface area contributed by atoms with Crippen LogP contribution in [0, 0.1) is 6.92 Å². The SMILES string of the molecule is CC(=O)Cc1oc2ccc(Br)cc2c1C. The van der Waals surface area contributed by atoms with Gasteiger partial charge in [0.05, 0.1) is 6.42 Å². The second kappa shape index (κ2) is 3.81. The van der Waals surface area contributed by atoms with Crippen LogP contribution in [0.5, 0.6) is 0 Å². The van der Waals surface area contributed by atoms with Crippen LogP contribution in [0.3, 0.4) is 0 Å². The van der Waals surface area contributed by atoms with E-state index in [2.05, 4.69) is 15.9 Å². The fraction of sp³-hybridized carbons (Fsp3) is 0.250. The second-order valence-corrected chi connectivity index (χ2v) is 4.59. The number of halogens is 1. The van der Waals surface area contributed by atoms with Gasteiger partial charge in [0.15, 0.2) is 0 Å². The van der Waals surface area contributed by atoms with Gasteiger partial charge >= 0.3 is 0 Å². The van der Waals surface area contributed by atoms with E-state index in [0.717, 1.165) is 26.8 Å². The summed E-state index contributed by atoms with van der Waals surface area (Å²) in [6.45, 7) is 3.55. The first-order valence-electron chi connectivity index (χ1n) is 4.75. The van der Waals surface area contributed by atoms with Gasteiger partial charge in [-0.05, 0) is 37.6 Å². The molecule has 2 nitrogen and oxygen atoms in total. The lowest BCUT2D eigenvalue weighted by atomic mass is 10.1. The van der Waals surface area contributed by atoms with Crippen LogP contribution in [0.25, 0.3) is 11.0 Å². The van der Waals surface area contributed by atoms with Crippen LogP contribution < -0.4 is 0 Å². The Hall–Kier alpha value is -1.09. The predicted molar refractivity (Wildman–Crippen MR) is 63.0 cm³/mol. The van der Waals surface area contributed by atoms with Gasteiger partial charge in [0.1, 0.15) is 17.1 Å². The molecule has 78 valence electrons. The maximum atomic E-state index is 11.0. The van der Waals surface area contributed by atoms with Crippen molar-refractivity contribution in [3.63, 3.8) is 0 Å². The van der Waals surface area contributed by atoms with Gasteiger partial charge < -0.3 is 4.42 Å². The highest BCUT2D eigenvalue weighted by Gasteiger charge is 2.11. The van der Waals surface area contributed by atoms with Gasteiger partial charge in [-0.1, -0.05) is 15.9 Å². The molecular weight excluding hydrogens is 256 g/mol. The molecule has 0 spiro atoms. The Kier molecular flexibility index (Phi) is 2.65. The van der Waals surface area contributed by atoms with Gasteiger partial charge in [-0.2, -0.15) is 0 Å². The molecule has 1 aromatic carbocycles. The molecule has 1 heterocycles. The molecule has 0 aliphatic heterocycles. The summed E-state index contributed by atoms with van der Waals surface area (Å²) < 4.78 is 6.64. The summed E-state index contributed by atoms with van der Waals surface area (Å²) in [4.78, 5) is 11.0. The van der Waals surface area contributed by atoms with Gasteiger partial charge in [-0.25, -0.2) is 0 Å². The molecule has 0 fully saturated rings. The lowest BCUT2D eigenvalue weighted by Crippen LogP contribution is -1.95. The minimum atomic E-state index is 0.122. The summed E-state index contributed by atoms with van der Waals surface area (Å²) in [5, 5.41) is 1.07. The van der Waals surface area contributed by atoms with Crippen LogP contribution in [-0.4, -0.2) is 5.78 Å². The maximum absolute atomic E-state index is 11.0. The molecule has 2 aromatic rings. The molecule has 0 aliphatic carbocycles. The Morgan fingerprint density at radius 3 is 2.87 bits per heavy atom. The first kappa shape index (κ1) is 10.4. The molecule has 0 N–H and O–H groups in total. The highest BCUT2D eigenvalue weighted by Crippen LogP contribution is 2.28. The molecule has 0 bridgehead atoms. The summed E-state index contributed by atoms with van der Waals surface area (Å²) in [7, 11) is 0. The topological polar surface area (TPSA) is 30.2 Å². The van der Waals surface area contributed by atoms with Gasteiger partial charge in [-0.15, -0.1) is 0 Å². The van der Waals surface area contributed by atoms with E-state index in [9.17, 15) is 4.79 Å². The van der Waals surface area contributed by atoms with Crippen LogP contribution in [0.4, 0.5) is 0 Å². The Morgan fingerprint density at radius 1 is 1.47 bits per heavy atom. The zero-order valence-corrected chi connectivity index (χ0v) is 10.2. The minimum Gasteiger partial charge on any atom is -0.460 e. The zero-order valence-electron chi connectivity index (χ0n) is 8.63. The van der Waals surface area contributed by atoms with Crippen molar-refractivity contribution < 1.29 is 9.21 Å². The number of benzene rings is 1. The maximum Gasteiger partial charge on any atom is 0.137 e. The fourth-order valence-corrected chi connectivity index (χ4v) is 2.00. The van der Waals surface area contributed by atoms with E-state index in [1.807, 2.05) is 25.1 Å². The quantitative estimate of drug-likeness (QED) is 0.831. The van der Waals surface area contributed by atoms with E-state index in [1.54, 1.807) is 6.92 Å². The molecule has 0 atom stereocenters. The van der Waals surface area contributed by atoms with E-state index in [0.29, 0.717) is 6.42 Å². The van der Waals surface area contributed by atoms with Gasteiger partial charge in [0.2, 0.25) is 0 Å². The Balaban J connectivity index is 2.59. The number of aryl methyl sites for hydroxylation is 1. The third-order valence-electron chi connectivity index (χ3n) is 2.41. The number of carbonyl (C=O) groups excluding carboxylic acids is 1. The van der Waals surface area contributed by atoms with Gasteiger partial charge in [-0.3, -0.25) is 4.79 Å². The van der Waals surface area contributed by atoms with Crippen LogP contribution in [0.2, 0.25) is 0 Å². The Bertz CT molecular complexity index is 526. The minimum absolute atomic E-state index is 0.122. The van der Waals surface area contributed by atoms with E-state index in [4.69, 9.17) is 4.42 Å². The standard InChI is InChI=1S/C12H11BrO2/c1-7(14)5-12-8(2)10-6-9(13)3-4-11(10)15-12/h3-4,6H,5H2,1-2H3. The molecule has 0 unspecified atom stereocenters. The smallest absolute Gasteiger partial charge is 0.137 e. The summed E-state index contributed by atoms with van der Waals surface area (Å²) in [5.41, 5.74) is 1.90. The molecule has 2 rings (SSSR count). The monoisotopic (exact) mass is 266 g/mol. The largest absolute Gasteiger partial charge is 0.460 e. The summed E-state index contributed by atoms with van der Waals surface area (Å²) in [5.74, 6) is 0.895. The zero-order chi connectivity index (χ0) is 11.0. The van der Waals surface area contributed by atoms with E-state index < -0.39 is 0 Å². The number of furan rings is 1. The number of ketones is 1. The van der Waals surface area contributed by atoms with Crippen molar-refractivity contribution in [2.75, 3.05) is 0 Å². The van der Waals surface area contributed by atoms with Gasteiger partial charge in [0, 0.05) is 9.86 Å². The molecular formula is C12H11BrO2. The van der Waals surface area contributed by atoms with E-state index in [1.165, 1.54) is 0 Å². The van der Waals surface area contributed by atoms with Gasteiger partial charge in [0.25, 0.3) is 0 Å². The van der Waals surface area contributed by atoms with Crippen LogP contribution in [0.15, 0.2) is 27.1 Å². The average Bonchev–Trinajstić information content (AvgIpc) is 2.44. The Labute approximate surface area is 96.4 Å². The summed E-state index contributed by atoms with van der Waals surface area (Å²) >= 11 is 3.42. The van der Waals surface area contributed by atoms with Crippen molar-refractivity contribution in [3.8, 4) is 0 Å². The number of Topliss-reactive ketones (excluding diaryl/α,β-unsaturated/α-hetero) is 1. The normalized spacial score (nSPS) is 10.9. The Morgan fingerprint density at radius 2 is 2.20 bits per heavy atom. The molecule has 1 aromatic heterocycles. The van der Waals surface area contributed by atoms with Crippen LogP contribution in [0.1, 0.15) is 18.2 Å². The number of rotatable bonds is 2. The number of hydrogen-bond donors (Lipinski definition) is 0. The lowest BCUT2D eigenvalue weighted by Gasteiger charge is -1.92. The number of fused-ring (bicyclic) bond motifs is 1. The third-order valence-corrected chi connectivity index (χ3v) is 2.90. The number of carbonyl (C=O) groups is 1. The molecule has 0 radical (unpaired) electrons. The first-order chi connectivity index (χ1) is 7.08. The predicted octanol–water partition coefficient (Wildman–Crippen LogP) is 3.64. The lowest BCUT2D eigenvalue weighted by molar-refractivity contribution is -0.116. The van der Waals surface area contributed by atoms with Crippen molar-refractivity contribution >= 4 is 32.7 Å². The van der Waals surface area contributed by atoms with Crippen molar-refractivity contribution in [2.45, 2.75) is 20.3 Å².